The van der Waals surface area contributed by atoms with Crippen molar-refractivity contribution in [2.24, 2.45) is 5.92 Å². The van der Waals surface area contributed by atoms with Crippen LogP contribution in [0.15, 0.2) is 36.7 Å². The predicted molar refractivity (Wildman–Crippen MR) is 166 cm³/mol. The second-order valence-corrected chi connectivity index (χ2v) is 11.4. The van der Waals surface area contributed by atoms with E-state index in [1.165, 1.54) is 31.3 Å². The summed E-state index contributed by atoms with van der Waals surface area (Å²) >= 11 is 0. The normalized spacial score (nSPS) is 17.0. The summed E-state index contributed by atoms with van der Waals surface area (Å²) < 4.78 is 89.5. The quantitative estimate of drug-likeness (QED) is 0.203. The van der Waals surface area contributed by atoms with E-state index in [4.69, 9.17) is 9.47 Å². The van der Waals surface area contributed by atoms with Gasteiger partial charge in [-0.05, 0) is 42.7 Å². The van der Waals surface area contributed by atoms with Crippen molar-refractivity contribution in [3.8, 4) is 17.6 Å². The van der Waals surface area contributed by atoms with E-state index in [9.17, 15) is 35.9 Å². The van der Waals surface area contributed by atoms with Crippen LogP contribution < -0.4 is 20.7 Å². The fourth-order valence-corrected chi connectivity index (χ4v) is 5.36. The van der Waals surface area contributed by atoms with E-state index in [0.717, 1.165) is 36.6 Å². The molecule has 1 aromatic heterocycles. The molecule has 4 rings (SSSR count). The van der Waals surface area contributed by atoms with Crippen LogP contribution in [0.2, 0.25) is 0 Å². The Morgan fingerprint density at radius 1 is 1.08 bits per heavy atom. The van der Waals surface area contributed by atoms with Crippen molar-refractivity contribution in [3.05, 3.63) is 53.3 Å². The number of rotatable bonds is 11. The van der Waals surface area contributed by atoms with E-state index in [1.54, 1.807) is 7.11 Å². The van der Waals surface area contributed by atoms with Crippen molar-refractivity contribution in [2.45, 2.75) is 38.3 Å². The lowest BCUT2D eigenvalue weighted by molar-refractivity contribution is -0.153. The van der Waals surface area contributed by atoms with Gasteiger partial charge in [0.05, 0.1) is 36.2 Å². The number of nitrogens with zero attached hydrogens (tertiary/aromatic N) is 3. The van der Waals surface area contributed by atoms with Gasteiger partial charge in [0, 0.05) is 51.0 Å². The lowest BCUT2D eigenvalue weighted by atomic mass is 9.93. The number of carbonyl (C=O) groups is 2. The molecule has 0 spiro atoms. The Hall–Kier alpha value is -4.49. The van der Waals surface area contributed by atoms with Gasteiger partial charge in [0.2, 0.25) is 0 Å². The van der Waals surface area contributed by atoms with Gasteiger partial charge in [0.15, 0.2) is 6.61 Å². The summed E-state index contributed by atoms with van der Waals surface area (Å²) in [5, 5.41) is 8.24. The molecule has 48 heavy (non-hydrogen) atoms. The highest BCUT2D eigenvalue weighted by atomic mass is 19.4. The van der Waals surface area contributed by atoms with E-state index in [0.29, 0.717) is 13.0 Å². The van der Waals surface area contributed by atoms with Gasteiger partial charge >= 0.3 is 12.4 Å². The molecule has 1 saturated heterocycles. The van der Waals surface area contributed by atoms with E-state index in [1.807, 2.05) is 6.92 Å². The average molecular weight is 683 g/mol. The molecule has 10 nitrogen and oxygen atoms in total. The molecule has 0 radical (unpaired) electrons. The summed E-state index contributed by atoms with van der Waals surface area (Å²) in [4.78, 5) is 31.9. The first-order chi connectivity index (χ1) is 22.7. The Bertz CT molecular complexity index is 1660. The van der Waals surface area contributed by atoms with Gasteiger partial charge in [-0.3, -0.25) is 9.59 Å². The molecule has 0 bridgehead atoms. The molecular weight excluding hydrogens is 646 g/mol. The number of fused-ring (bicyclic) bond motifs is 1. The first kappa shape index (κ1) is 36.3. The highest BCUT2D eigenvalue weighted by Crippen LogP contribution is 2.29. The number of likely N-dealkylation sites (tertiary alicyclic amines) is 1. The van der Waals surface area contributed by atoms with Crippen LogP contribution in [-0.2, 0) is 11.3 Å². The van der Waals surface area contributed by atoms with Gasteiger partial charge in [0.25, 0.3) is 11.8 Å². The maximum Gasteiger partial charge on any atom is 0.422 e. The number of hydrogen-bond donors (Lipinski definition) is 3. The molecule has 3 N–H and O–H groups in total. The molecule has 0 unspecified atom stereocenters. The Balaban J connectivity index is 1.57. The van der Waals surface area contributed by atoms with E-state index >= 15 is 0 Å². The third kappa shape index (κ3) is 10.0. The number of imidazole rings is 1. The third-order valence-corrected chi connectivity index (χ3v) is 7.70. The van der Waals surface area contributed by atoms with Crippen molar-refractivity contribution >= 4 is 28.5 Å². The molecule has 260 valence electrons. The lowest BCUT2D eigenvalue weighted by Crippen LogP contribution is -2.50. The van der Waals surface area contributed by atoms with Gasteiger partial charge in [-0.15, -0.1) is 0 Å². The molecule has 1 aliphatic rings. The molecule has 2 amide bonds. The molecule has 2 atom stereocenters. The lowest BCUT2D eigenvalue weighted by Gasteiger charge is -2.37. The molecule has 2 heterocycles. The number of alkyl halides is 6. The zero-order valence-corrected chi connectivity index (χ0v) is 26.5. The number of methoxy groups -OCH3 is 1. The zero-order chi connectivity index (χ0) is 35.1. The van der Waals surface area contributed by atoms with Crippen molar-refractivity contribution in [2.75, 3.05) is 58.9 Å². The first-order valence-corrected chi connectivity index (χ1v) is 15.0. The van der Waals surface area contributed by atoms with Gasteiger partial charge in [-0.25, -0.2) is 4.98 Å². The van der Waals surface area contributed by atoms with Crippen LogP contribution in [0.3, 0.4) is 0 Å². The van der Waals surface area contributed by atoms with E-state index in [2.05, 4.69) is 37.7 Å². The van der Waals surface area contributed by atoms with Crippen LogP contribution >= 0.6 is 0 Å². The third-order valence-electron chi connectivity index (χ3n) is 7.70. The SMILES string of the molecule is CNC(=O)c1ccc(NCC#Cc2cc(C(=O)N[C@H]3CCN(CCOC)C[C@@H]3C)c3ncn(CC(F)(F)F)c3c2)c(OCC(F)(F)F)c1. The van der Waals surface area contributed by atoms with Crippen LogP contribution in [0.4, 0.5) is 32.0 Å². The molecule has 3 aromatic rings. The van der Waals surface area contributed by atoms with Crippen molar-refractivity contribution in [1.29, 1.82) is 0 Å². The van der Waals surface area contributed by atoms with Crippen LogP contribution in [0, 0.1) is 17.8 Å². The number of hydrogen-bond acceptors (Lipinski definition) is 7. The maximum absolute atomic E-state index is 13.6. The number of nitrogens with one attached hydrogen (secondary N) is 3. The van der Waals surface area contributed by atoms with Gasteiger partial charge in [0.1, 0.15) is 17.8 Å². The minimum atomic E-state index is -4.62. The fourth-order valence-electron chi connectivity index (χ4n) is 5.36. The number of carbonyl (C=O) groups excluding carboxylic acids is 2. The molecule has 0 saturated carbocycles. The Morgan fingerprint density at radius 3 is 2.52 bits per heavy atom. The molecule has 1 fully saturated rings. The summed E-state index contributed by atoms with van der Waals surface area (Å²) in [6.45, 7) is 1.80. The Kier molecular flexibility index (Phi) is 11.8. The minimum Gasteiger partial charge on any atom is -0.482 e. The standard InChI is InChI=1S/C32H36F6N6O4/c1-20-16-43(11-12-47-3)10-8-24(20)42-30(46)23-13-21(14-26-28(23)41-19-44(26)17-31(33,34)35)5-4-9-40-25-7-6-22(29(45)39-2)15-27(25)48-18-32(36,37)38/h6-7,13-15,19-20,24,40H,8-12,16-18H2,1-3H3,(H,39,45)(H,42,46)/t20-,24-/m0/s1. The highest BCUT2D eigenvalue weighted by Gasteiger charge is 2.31. The number of amides is 2. The maximum atomic E-state index is 13.6. The van der Waals surface area contributed by atoms with Crippen molar-refractivity contribution < 1.29 is 45.4 Å². The zero-order valence-electron chi connectivity index (χ0n) is 26.5. The fraction of sp³-hybridized carbons (Fsp3) is 0.469. The number of anilines is 1. The van der Waals surface area contributed by atoms with E-state index < -0.39 is 37.3 Å². The van der Waals surface area contributed by atoms with Crippen LogP contribution in [0.5, 0.6) is 5.75 Å². The second-order valence-electron chi connectivity index (χ2n) is 11.4. The number of halogens is 6. The number of piperidine rings is 1. The highest BCUT2D eigenvalue weighted by molar-refractivity contribution is 6.05. The van der Waals surface area contributed by atoms with Crippen molar-refractivity contribution in [3.63, 3.8) is 0 Å². The van der Waals surface area contributed by atoms with Crippen LogP contribution in [0.1, 0.15) is 39.6 Å². The van der Waals surface area contributed by atoms with Crippen LogP contribution in [-0.4, -0.2) is 98.2 Å². The number of aromatic nitrogens is 2. The number of ether oxygens (including phenoxy) is 2. The molecular formula is C32H36F6N6O4. The first-order valence-electron chi connectivity index (χ1n) is 15.0. The summed E-state index contributed by atoms with van der Waals surface area (Å²) in [5.74, 6) is 4.44. The monoisotopic (exact) mass is 682 g/mol. The van der Waals surface area contributed by atoms with Gasteiger partial charge < -0.3 is 34.9 Å². The predicted octanol–water partition coefficient (Wildman–Crippen LogP) is 4.45. The largest absolute Gasteiger partial charge is 0.482 e. The molecule has 1 aliphatic heterocycles. The molecule has 0 aliphatic carbocycles. The van der Waals surface area contributed by atoms with Crippen molar-refractivity contribution in [1.82, 2.24) is 25.1 Å². The van der Waals surface area contributed by atoms with E-state index in [-0.39, 0.29) is 57.7 Å². The van der Waals surface area contributed by atoms with Gasteiger partial charge in [-0.2, -0.15) is 26.3 Å². The second kappa shape index (κ2) is 15.6. The number of benzene rings is 2. The summed E-state index contributed by atoms with van der Waals surface area (Å²) in [6, 6.07) is 6.58. The van der Waals surface area contributed by atoms with Gasteiger partial charge in [-0.1, -0.05) is 18.8 Å². The molecule has 16 heteroatoms. The molecule has 2 aromatic carbocycles. The van der Waals surface area contributed by atoms with Crippen LogP contribution in [0.25, 0.3) is 11.0 Å². The average Bonchev–Trinajstić information content (AvgIpc) is 3.42. The summed E-state index contributed by atoms with van der Waals surface area (Å²) in [7, 11) is 3.00. The summed E-state index contributed by atoms with van der Waals surface area (Å²) in [6.07, 6.45) is -7.48. The Labute approximate surface area is 273 Å². The smallest absolute Gasteiger partial charge is 0.422 e. The topological polar surface area (TPSA) is 110 Å². The minimum absolute atomic E-state index is 0.0623. The summed E-state index contributed by atoms with van der Waals surface area (Å²) in [5.41, 5.74) is 0.645. The Morgan fingerprint density at radius 2 is 1.85 bits per heavy atom.